The minimum Gasteiger partial charge on any atom is -0.508 e. The molecule has 0 heterocycles. The Balaban J connectivity index is 2.58. The highest BCUT2D eigenvalue weighted by molar-refractivity contribution is 5.82. The number of rotatable bonds is 0. The van der Waals surface area contributed by atoms with Crippen LogP contribution in [-0.4, -0.2) is 5.11 Å². The van der Waals surface area contributed by atoms with E-state index in [0.29, 0.717) is 5.75 Å². The Hall–Kier alpha value is -1.50. The summed E-state index contributed by atoms with van der Waals surface area (Å²) in [5, 5.41) is 9.37. The second-order valence-electron chi connectivity index (χ2n) is 3.65. The minimum atomic E-state index is 0.353. The van der Waals surface area contributed by atoms with E-state index in [9.17, 15) is 5.11 Å². The van der Waals surface area contributed by atoms with Crippen LogP contribution in [0.25, 0.3) is 5.57 Å². The van der Waals surface area contributed by atoms with E-state index < -0.39 is 0 Å². The lowest BCUT2D eigenvalue weighted by Crippen LogP contribution is -2.03. The van der Waals surface area contributed by atoms with Gasteiger partial charge in [-0.1, -0.05) is 18.7 Å². The molecule has 0 amide bonds. The molecule has 0 radical (unpaired) electrons. The number of phenolic OH excluding ortho intramolecular Hbond substituents is 1. The zero-order valence-electron chi connectivity index (χ0n) is 8.38. The van der Waals surface area contributed by atoms with Crippen molar-refractivity contribution in [3.05, 3.63) is 47.6 Å². The van der Waals surface area contributed by atoms with E-state index >= 15 is 0 Å². The smallest absolute Gasteiger partial charge is 0.115 e. The van der Waals surface area contributed by atoms with Crippen LogP contribution in [0.1, 0.15) is 24.5 Å². The molecule has 1 aliphatic carbocycles. The first-order valence-corrected chi connectivity index (χ1v) is 4.89. The molecule has 1 aromatic carbocycles. The van der Waals surface area contributed by atoms with Crippen LogP contribution in [0.5, 0.6) is 5.75 Å². The predicted molar refractivity (Wildman–Crippen MR) is 59.2 cm³/mol. The second-order valence-corrected chi connectivity index (χ2v) is 3.65. The van der Waals surface area contributed by atoms with Gasteiger partial charge in [0.1, 0.15) is 5.75 Å². The highest BCUT2D eigenvalue weighted by atomic mass is 16.3. The fourth-order valence-corrected chi connectivity index (χ4v) is 2.02. The summed E-state index contributed by atoms with van der Waals surface area (Å²) in [6.07, 6.45) is 4.08. The summed E-state index contributed by atoms with van der Waals surface area (Å²) in [6.45, 7) is 6.09. The molecule has 0 bridgehead atoms. The Kier molecular flexibility index (Phi) is 2.16. The fourth-order valence-electron chi connectivity index (χ4n) is 2.02. The largest absolute Gasteiger partial charge is 0.508 e. The summed E-state index contributed by atoms with van der Waals surface area (Å²) in [7, 11) is 0. The van der Waals surface area contributed by atoms with Gasteiger partial charge < -0.3 is 5.11 Å². The summed E-state index contributed by atoms with van der Waals surface area (Å²) in [4.78, 5) is 0. The molecule has 72 valence electrons. The summed E-state index contributed by atoms with van der Waals surface area (Å²) in [6, 6.07) is 5.57. The molecule has 0 unspecified atom stereocenters. The molecule has 14 heavy (non-hydrogen) atoms. The van der Waals surface area contributed by atoms with Crippen LogP contribution in [0.2, 0.25) is 0 Å². The van der Waals surface area contributed by atoms with Gasteiger partial charge in [-0.3, -0.25) is 0 Å². The number of benzene rings is 1. The molecule has 0 saturated carbocycles. The number of aromatic hydroxyl groups is 1. The Bertz CT molecular complexity index is 413. The maximum Gasteiger partial charge on any atom is 0.115 e. The molecule has 1 heteroatoms. The lowest BCUT2D eigenvalue weighted by molar-refractivity contribution is 0.474. The van der Waals surface area contributed by atoms with E-state index in [0.717, 1.165) is 12.8 Å². The molecular formula is C13H14O. The van der Waals surface area contributed by atoms with Crippen molar-refractivity contribution in [2.45, 2.75) is 19.8 Å². The topological polar surface area (TPSA) is 20.2 Å². The second kappa shape index (κ2) is 3.33. The fraction of sp³-hybridized carbons (Fsp3) is 0.231. The van der Waals surface area contributed by atoms with E-state index in [1.807, 2.05) is 19.1 Å². The number of allylic oxidation sites excluding steroid dienone is 3. The quantitative estimate of drug-likeness (QED) is 0.659. The van der Waals surface area contributed by atoms with Gasteiger partial charge in [0.15, 0.2) is 0 Å². The first-order chi connectivity index (χ1) is 6.72. The van der Waals surface area contributed by atoms with E-state index in [-0.39, 0.29) is 0 Å². The molecule has 1 nitrogen and oxygen atoms in total. The highest BCUT2D eigenvalue weighted by Gasteiger charge is 2.16. The van der Waals surface area contributed by atoms with Crippen molar-refractivity contribution < 1.29 is 5.11 Å². The van der Waals surface area contributed by atoms with Crippen LogP contribution < -0.4 is 0 Å². The maximum absolute atomic E-state index is 9.37. The van der Waals surface area contributed by atoms with Crippen LogP contribution in [0.4, 0.5) is 0 Å². The van der Waals surface area contributed by atoms with Crippen molar-refractivity contribution in [3.63, 3.8) is 0 Å². The number of hydrogen-bond acceptors (Lipinski definition) is 1. The van der Waals surface area contributed by atoms with Gasteiger partial charge in [0.2, 0.25) is 0 Å². The summed E-state index contributed by atoms with van der Waals surface area (Å²) >= 11 is 0. The van der Waals surface area contributed by atoms with E-state index in [1.54, 1.807) is 6.07 Å². The molecule has 0 spiro atoms. The maximum atomic E-state index is 9.37. The molecule has 0 atom stereocenters. The zero-order valence-corrected chi connectivity index (χ0v) is 8.38. The van der Waals surface area contributed by atoms with Crippen LogP contribution in [-0.2, 0) is 6.42 Å². The van der Waals surface area contributed by atoms with Crippen molar-refractivity contribution in [2.75, 3.05) is 0 Å². The van der Waals surface area contributed by atoms with Crippen molar-refractivity contribution in [2.24, 2.45) is 0 Å². The number of hydrogen-bond donors (Lipinski definition) is 1. The van der Waals surface area contributed by atoms with Crippen molar-refractivity contribution in [1.29, 1.82) is 0 Å². The number of fused-ring (bicyclic) bond motifs is 1. The monoisotopic (exact) mass is 186 g/mol. The normalized spacial score (nSPS) is 18.4. The molecule has 1 aliphatic rings. The Morgan fingerprint density at radius 1 is 1.36 bits per heavy atom. The van der Waals surface area contributed by atoms with Crippen molar-refractivity contribution >= 4 is 5.57 Å². The molecule has 0 fully saturated rings. The number of phenols is 1. The molecule has 1 aromatic rings. The Labute approximate surface area is 84.4 Å². The third-order valence-electron chi connectivity index (χ3n) is 2.74. The molecular weight excluding hydrogens is 172 g/mol. The van der Waals surface area contributed by atoms with Gasteiger partial charge in [-0.05, 0) is 54.2 Å². The molecule has 0 aliphatic heterocycles. The van der Waals surface area contributed by atoms with Gasteiger partial charge in [-0.15, -0.1) is 0 Å². The lowest BCUT2D eigenvalue weighted by atomic mass is 9.84. The molecule has 1 N–H and O–H groups in total. The first-order valence-electron chi connectivity index (χ1n) is 4.89. The van der Waals surface area contributed by atoms with Gasteiger partial charge in [0, 0.05) is 0 Å². The Morgan fingerprint density at radius 2 is 2.14 bits per heavy atom. The van der Waals surface area contributed by atoms with Crippen molar-refractivity contribution in [1.82, 2.24) is 0 Å². The third kappa shape index (κ3) is 1.35. The Morgan fingerprint density at radius 3 is 2.86 bits per heavy atom. The van der Waals surface area contributed by atoms with Gasteiger partial charge >= 0.3 is 0 Å². The predicted octanol–water partition coefficient (Wildman–Crippen LogP) is 3.30. The van der Waals surface area contributed by atoms with Crippen LogP contribution >= 0.6 is 0 Å². The highest BCUT2D eigenvalue weighted by Crippen LogP contribution is 2.35. The average molecular weight is 186 g/mol. The van der Waals surface area contributed by atoms with Crippen LogP contribution in [0, 0.1) is 0 Å². The van der Waals surface area contributed by atoms with E-state index in [1.165, 1.54) is 22.3 Å². The molecule has 0 aromatic heterocycles. The lowest BCUT2D eigenvalue weighted by Gasteiger charge is -2.21. The van der Waals surface area contributed by atoms with Gasteiger partial charge in [-0.25, -0.2) is 0 Å². The van der Waals surface area contributed by atoms with Crippen LogP contribution in [0.3, 0.4) is 0 Å². The van der Waals surface area contributed by atoms with Crippen LogP contribution in [0.15, 0.2) is 36.4 Å². The average Bonchev–Trinajstić information content (AvgIpc) is 2.18. The summed E-state index contributed by atoms with van der Waals surface area (Å²) < 4.78 is 0. The first kappa shape index (κ1) is 9.07. The van der Waals surface area contributed by atoms with Gasteiger partial charge in [0.25, 0.3) is 0 Å². The zero-order chi connectivity index (χ0) is 10.1. The summed E-state index contributed by atoms with van der Waals surface area (Å²) in [5.41, 5.74) is 4.88. The summed E-state index contributed by atoms with van der Waals surface area (Å²) in [5.74, 6) is 0.353. The van der Waals surface area contributed by atoms with Gasteiger partial charge in [0.05, 0.1) is 0 Å². The number of aryl methyl sites for hydroxylation is 1. The standard InChI is InChI=1S/C13H14O/c1-3-12-9(2)4-5-10-8-11(14)6-7-13(10)12/h3,6-8,14H,2,4-5H2,1H3. The van der Waals surface area contributed by atoms with Gasteiger partial charge in [-0.2, -0.15) is 0 Å². The molecule has 0 saturated heterocycles. The molecule has 2 rings (SSSR count). The van der Waals surface area contributed by atoms with Crippen molar-refractivity contribution in [3.8, 4) is 5.75 Å². The minimum absolute atomic E-state index is 0.353. The van der Waals surface area contributed by atoms with E-state index in [4.69, 9.17) is 0 Å². The van der Waals surface area contributed by atoms with E-state index in [2.05, 4.69) is 12.7 Å². The third-order valence-corrected chi connectivity index (χ3v) is 2.74. The SMILES string of the molecule is C=C1CCc2cc(O)ccc2C1=CC.